The van der Waals surface area contributed by atoms with Gasteiger partial charge in [0.2, 0.25) is 5.91 Å². The number of ether oxygens (including phenoxy) is 2. The van der Waals surface area contributed by atoms with E-state index in [9.17, 15) is 9.59 Å². The summed E-state index contributed by atoms with van der Waals surface area (Å²) >= 11 is 0. The molecule has 0 bridgehead atoms. The second kappa shape index (κ2) is 10.3. The van der Waals surface area contributed by atoms with E-state index in [1.165, 1.54) is 6.08 Å². The van der Waals surface area contributed by atoms with Crippen molar-refractivity contribution in [2.24, 2.45) is 5.73 Å². The first-order chi connectivity index (χ1) is 15.6. The van der Waals surface area contributed by atoms with E-state index >= 15 is 0 Å². The van der Waals surface area contributed by atoms with Gasteiger partial charge in [0.1, 0.15) is 0 Å². The predicted octanol–water partition coefficient (Wildman–Crippen LogP) is 2.11. The van der Waals surface area contributed by atoms with E-state index in [1.54, 1.807) is 18.2 Å². The van der Waals surface area contributed by atoms with Gasteiger partial charge in [0, 0.05) is 43.6 Å². The van der Waals surface area contributed by atoms with Crippen LogP contribution in [0.25, 0.3) is 6.08 Å². The number of primary amides is 1. The lowest BCUT2D eigenvalue weighted by molar-refractivity contribution is -0.111. The van der Waals surface area contributed by atoms with Gasteiger partial charge in [-0.05, 0) is 42.0 Å². The minimum absolute atomic E-state index is 0.283. The molecule has 0 aliphatic carbocycles. The fraction of sp³-hybridized carbons (Fsp3) is 0.333. The van der Waals surface area contributed by atoms with Crippen LogP contribution in [-0.4, -0.2) is 64.4 Å². The molecule has 2 aromatic carbocycles. The topological polar surface area (TPSA) is 97.1 Å². The fourth-order valence-electron chi connectivity index (χ4n) is 3.83. The number of morpholine rings is 2. The monoisotopic (exact) mass is 436 g/mol. The van der Waals surface area contributed by atoms with Crippen LogP contribution in [-0.2, 0) is 14.3 Å². The number of carbonyl (C=O) groups is 2. The van der Waals surface area contributed by atoms with Gasteiger partial charge >= 0.3 is 0 Å². The van der Waals surface area contributed by atoms with Gasteiger partial charge < -0.3 is 30.3 Å². The van der Waals surface area contributed by atoms with Gasteiger partial charge in [-0.1, -0.05) is 12.1 Å². The van der Waals surface area contributed by atoms with Crippen molar-refractivity contribution in [2.45, 2.75) is 0 Å². The van der Waals surface area contributed by atoms with E-state index in [1.807, 2.05) is 30.3 Å². The Morgan fingerprint density at radius 3 is 2.00 bits per heavy atom. The van der Waals surface area contributed by atoms with Crippen LogP contribution < -0.4 is 20.9 Å². The Morgan fingerprint density at radius 2 is 1.41 bits per heavy atom. The van der Waals surface area contributed by atoms with Crippen molar-refractivity contribution in [1.82, 2.24) is 0 Å². The molecule has 0 saturated carbocycles. The summed E-state index contributed by atoms with van der Waals surface area (Å²) in [5.74, 6) is -0.915. The molecule has 0 aromatic heterocycles. The van der Waals surface area contributed by atoms with Crippen LogP contribution in [0.15, 0.2) is 48.5 Å². The third kappa shape index (κ3) is 5.46. The summed E-state index contributed by atoms with van der Waals surface area (Å²) < 4.78 is 10.8. The van der Waals surface area contributed by atoms with Gasteiger partial charge in [0.25, 0.3) is 5.91 Å². The molecule has 0 spiro atoms. The molecule has 2 heterocycles. The number of benzene rings is 2. The predicted molar refractivity (Wildman–Crippen MR) is 125 cm³/mol. The highest BCUT2D eigenvalue weighted by atomic mass is 16.5. The van der Waals surface area contributed by atoms with Crippen LogP contribution in [0.4, 0.5) is 17.1 Å². The Labute approximate surface area is 187 Å². The maximum absolute atomic E-state index is 12.5. The minimum Gasteiger partial charge on any atom is -0.378 e. The quantitative estimate of drug-likeness (QED) is 0.674. The van der Waals surface area contributed by atoms with E-state index in [-0.39, 0.29) is 11.5 Å². The smallest absolute Gasteiger partial charge is 0.250 e. The van der Waals surface area contributed by atoms with Crippen molar-refractivity contribution in [1.29, 1.82) is 0 Å². The van der Waals surface area contributed by atoms with Crippen molar-refractivity contribution in [3.63, 3.8) is 0 Å². The summed E-state index contributed by atoms with van der Waals surface area (Å²) in [6, 6.07) is 13.3. The lowest BCUT2D eigenvalue weighted by Crippen LogP contribution is -2.36. The Bertz CT molecular complexity index is 978. The molecule has 2 saturated heterocycles. The van der Waals surface area contributed by atoms with Gasteiger partial charge in [-0.3, -0.25) is 9.59 Å². The molecule has 8 heteroatoms. The lowest BCUT2D eigenvalue weighted by atomic mass is 10.1. The minimum atomic E-state index is -0.585. The summed E-state index contributed by atoms with van der Waals surface area (Å²) in [5, 5.41) is 2.76. The van der Waals surface area contributed by atoms with Crippen molar-refractivity contribution >= 4 is 35.0 Å². The Hall–Kier alpha value is -3.36. The van der Waals surface area contributed by atoms with Crippen molar-refractivity contribution in [2.75, 3.05) is 67.7 Å². The largest absolute Gasteiger partial charge is 0.378 e. The first kappa shape index (κ1) is 21.9. The maximum atomic E-state index is 12.5. The van der Waals surface area contributed by atoms with Crippen molar-refractivity contribution in [3.05, 3.63) is 59.7 Å². The third-order valence-electron chi connectivity index (χ3n) is 5.60. The Kier molecular flexibility index (Phi) is 7.03. The molecule has 2 fully saturated rings. The summed E-state index contributed by atoms with van der Waals surface area (Å²) in [6.07, 6.45) is 3.19. The van der Waals surface area contributed by atoms with Gasteiger partial charge in [-0.2, -0.15) is 0 Å². The van der Waals surface area contributed by atoms with Crippen LogP contribution in [0.1, 0.15) is 15.9 Å². The Morgan fingerprint density at radius 1 is 0.844 bits per heavy atom. The number of hydrogen-bond acceptors (Lipinski definition) is 6. The second-order valence-corrected chi connectivity index (χ2v) is 7.71. The average molecular weight is 437 g/mol. The molecule has 32 heavy (non-hydrogen) atoms. The second-order valence-electron chi connectivity index (χ2n) is 7.71. The highest BCUT2D eigenvalue weighted by Crippen LogP contribution is 2.24. The van der Waals surface area contributed by atoms with Crippen molar-refractivity contribution in [3.8, 4) is 0 Å². The summed E-state index contributed by atoms with van der Waals surface area (Å²) in [5.41, 5.74) is 9.18. The van der Waals surface area contributed by atoms with Crippen LogP contribution in [0.3, 0.4) is 0 Å². The number of nitrogens with two attached hydrogens (primary N) is 1. The number of nitrogens with one attached hydrogen (secondary N) is 1. The first-order valence-electron chi connectivity index (χ1n) is 10.8. The average Bonchev–Trinajstić information content (AvgIpc) is 2.84. The number of carbonyl (C=O) groups excluding carboxylic acids is 2. The molecule has 8 nitrogen and oxygen atoms in total. The van der Waals surface area contributed by atoms with Crippen LogP contribution in [0.5, 0.6) is 0 Å². The molecule has 0 radical (unpaired) electrons. The highest BCUT2D eigenvalue weighted by molar-refractivity contribution is 6.07. The molecular weight excluding hydrogens is 408 g/mol. The number of rotatable bonds is 6. The molecule has 2 aromatic rings. The molecule has 4 rings (SSSR count). The SMILES string of the molecule is NC(=O)c1cc(N2CCOCC2)ccc1NC(=O)/C=C/c1ccc(N2CCOCC2)cc1. The maximum Gasteiger partial charge on any atom is 0.250 e. The molecule has 0 unspecified atom stereocenters. The molecule has 2 aliphatic heterocycles. The normalized spacial score (nSPS) is 16.9. The zero-order chi connectivity index (χ0) is 22.3. The van der Waals surface area contributed by atoms with E-state index < -0.39 is 5.91 Å². The number of amides is 2. The summed E-state index contributed by atoms with van der Waals surface area (Å²) in [6.45, 7) is 6.01. The summed E-state index contributed by atoms with van der Waals surface area (Å²) in [4.78, 5) is 28.8. The van der Waals surface area contributed by atoms with E-state index in [2.05, 4.69) is 15.1 Å². The number of hydrogen-bond donors (Lipinski definition) is 2. The zero-order valence-corrected chi connectivity index (χ0v) is 18.0. The van der Waals surface area contributed by atoms with Crippen molar-refractivity contribution < 1.29 is 19.1 Å². The molecule has 2 aliphatic rings. The first-order valence-corrected chi connectivity index (χ1v) is 10.8. The number of anilines is 3. The summed E-state index contributed by atoms with van der Waals surface area (Å²) in [7, 11) is 0. The van der Waals surface area contributed by atoms with Crippen LogP contribution >= 0.6 is 0 Å². The molecule has 2 amide bonds. The third-order valence-corrected chi connectivity index (χ3v) is 5.60. The standard InChI is InChI=1S/C24H28N4O4/c25-24(30)21-17-20(28-11-15-32-16-12-28)6-7-22(21)26-23(29)8-3-18-1-4-19(5-2-18)27-9-13-31-14-10-27/h1-8,17H,9-16H2,(H2,25,30)(H,26,29)/b8-3+. The van der Waals surface area contributed by atoms with Crippen LogP contribution in [0.2, 0.25) is 0 Å². The lowest BCUT2D eigenvalue weighted by Gasteiger charge is -2.29. The highest BCUT2D eigenvalue weighted by Gasteiger charge is 2.16. The Balaban J connectivity index is 1.40. The molecular formula is C24H28N4O4. The molecule has 168 valence electrons. The zero-order valence-electron chi connectivity index (χ0n) is 18.0. The van der Waals surface area contributed by atoms with E-state index in [0.717, 1.165) is 56.3 Å². The van der Waals surface area contributed by atoms with Gasteiger partial charge in [-0.25, -0.2) is 0 Å². The number of nitrogens with zero attached hydrogens (tertiary/aromatic N) is 2. The van der Waals surface area contributed by atoms with E-state index in [4.69, 9.17) is 15.2 Å². The molecule has 3 N–H and O–H groups in total. The fourth-order valence-corrected chi connectivity index (χ4v) is 3.83. The molecule has 0 atom stereocenters. The van der Waals surface area contributed by atoms with Gasteiger partial charge in [0.15, 0.2) is 0 Å². The van der Waals surface area contributed by atoms with Gasteiger partial charge in [0.05, 0.1) is 37.7 Å². The van der Waals surface area contributed by atoms with E-state index in [0.29, 0.717) is 18.9 Å². The van der Waals surface area contributed by atoms with Gasteiger partial charge in [-0.15, -0.1) is 0 Å². The van der Waals surface area contributed by atoms with Crippen LogP contribution in [0, 0.1) is 0 Å².